The fourth-order valence-corrected chi connectivity index (χ4v) is 2.20. The third kappa shape index (κ3) is 3.00. The Hall–Kier alpha value is -2.63. The predicted molar refractivity (Wildman–Crippen MR) is 80.9 cm³/mol. The van der Waals surface area contributed by atoms with Gasteiger partial charge in [-0.05, 0) is 51.0 Å². The monoisotopic (exact) mass is 299 g/mol. The van der Waals surface area contributed by atoms with E-state index < -0.39 is 0 Å². The van der Waals surface area contributed by atoms with Crippen molar-refractivity contribution in [2.45, 2.75) is 32.7 Å². The zero-order valence-electron chi connectivity index (χ0n) is 12.5. The van der Waals surface area contributed by atoms with Crippen molar-refractivity contribution in [2.75, 3.05) is 5.32 Å². The van der Waals surface area contributed by atoms with Gasteiger partial charge in [-0.15, -0.1) is 0 Å². The minimum Gasteiger partial charge on any atom is -0.361 e. The molecule has 1 aliphatic rings. The van der Waals surface area contributed by atoms with E-state index >= 15 is 0 Å². The fourth-order valence-electron chi connectivity index (χ4n) is 2.20. The van der Waals surface area contributed by atoms with Crippen LogP contribution in [0.1, 0.15) is 45.0 Å². The van der Waals surface area contributed by atoms with Crippen LogP contribution in [0.4, 0.5) is 5.69 Å². The van der Waals surface area contributed by atoms with Crippen LogP contribution in [0, 0.1) is 13.8 Å². The van der Waals surface area contributed by atoms with Gasteiger partial charge in [-0.25, -0.2) is 0 Å². The van der Waals surface area contributed by atoms with Crippen molar-refractivity contribution >= 4 is 17.5 Å². The van der Waals surface area contributed by atoms with E-state index in [0.717, 1.165) is 12.8 Å². The zero-order valence-corrected chi connectivity index (χ0v) is 12.5. The molecule has 1 saturated carbocycles. The average Bonchev–Trinajstić information content (AvgIpc) is 3.23. The molecule has 1 aromatic heterocycles. The number of aryl methyl sites for hydroxylation is 2. The quantitative estimate of drug-likeness (QED) is 0.908. The van der Waals surface area contributed by atoms with E-state index in [-0.39, 0.29) is 11.8 Å². The van der Waals surface area contributed by atoms with E-state index in [9.17, 15) is 9.59 Å². The highest BCUT2D eigenvalue weighted by molar-refractivity contribution is 6.05. The molecular weight excluding hydrogens is 282 g/mol. The molecule has 2 amide bonds. The largest absolute Gasteiger partial charge is 0.361 e. The van der Waals surface area contributed by atoms with Gasteiger partial charge in [0.2, 0.25) is 0 Å². The second-order valence-electron chi connectivity index (χ2n) is 5.48. The highest BCUT2D eigenvalue weighted by atomic mass is 16.5. The topological polar surface area (TPSA) is 84.2 Å². The van der Waals surface area contributed by atoms with Gasteiger partial charge in [0.15, 0.2) is 0 Å². The number of nitrogens with one attached hydrogen (secondary N) is 2. The van der Waals surface area contributed by atoms with Crippen LogP contribution in [0.15, 0.2) is 28.8 Å². The molecule has 22 heavy (non-hydrogen) atoms. The summed E-state index contributed by atoms with van der Waals surface area (Å²) in [7, 11) is 0. The molecule has 0 aliphatic heterocycles. The van der Waals surface area contributed by atoms with Crippen molar-refractivity contribution < 1.29 is 14.1 Å². The van der Waals surface area contributed by atoms with E-state index in [0.29, 0.717) is 34.3 Å². The van der Waals surface area contributed by atoms with Crippen LogP contribution >= 0.6 is 0 Å². The molecule has 0 saturated heterocycles. The van der Waals surface area contributed by atoms with Gasteiger partial charge in [0.1, 0.15) is 11.3 Å². The summed E-state index contributed by atoms with van der Waals surface area (Å²) in [5.74, 6) is 0.132. The second-order valence-corrected chi connectivity index (χ2v) is 5.48. The smallest absolute Gasteiger partial charge is 0.261 e. The van der Waals surface area contributed by atoms with Crippen molar-refractivity contribution in [3.05, 3.63) is 46.8 Å². The van der Waals surface area contributed by atoms with Gasteiger partial charge < -0.3 is 15.2 Å². The molecule has 0 unspecified atom stereocenters. The minimum atomic E-state index is -0.272. The maximum Gasteiger partial charge on any atom is 0.261 e. The summed E-state index contributed by atoms with van der Waals surface area (Å²) in [4.78, 5) is 24.1. The second kappa shape index (κ2) is 5.63. The Kier molecular flexibility index (Phi) is 3.66. The molecule has 1 fully saturated rings. The number of rotatable bonds is 4. The fraction of sp³-hybridized carbons (Fsp3) is 0.312. The number of nitrogens with zero attached hydrogens (tertiary/aromatic N) is 1. The molecule has 0 radical (unpaired) electrons. The maximum absolute atomic E-state index is 12.2. The molecule has 3 rings (SSSR count). The van der Waals surface area contributed by atoms with E-state index in [1.165, 1.54) is 0 Å². The summed E-state index contributed by atoms with van der Waals surface area (Å²) in [6.07, 6.45) is 2.11. The number of aromatic nitrogens is 1. The zero-order chi connectivity index (χ0) is 15.7. The Balaban J connectivity index is 1.68. The SMILES string of the molecule is Cc1noc(C)c1C(=O)Nc1ccc(C(=O)NC2CC2)cc1. The lowest BCUT2D eigenvalue weighted by Gasteiger charge is -2.07. The van der Waals surface area contributed by atoms with Crippen LogP contribution in [0.25, 0.3) is 0 Å². The highest BCUT2D eigenvalue weighted by Crippen LogP contribution is 2.20. The standard InChI is InChI=1S/C16H17N3O3/c1-9-14(10(2)22-19-9)16(21)18-12-5-3-11(4-6-12)15(20)17-13-7-8-13/h3-6,13H,7-8H2,1-2H3,(H,17,20)(H,18,21). The summed E-state index contributed by atoms with van der Waals surface area (Å²) < 4.78 is 4.98. The van der Waals surface area contributed by atoms with Crippen molar-refractivity contribution in [2.24, 2.45) is 0 Å². The first kappa shape index (κ1) is 14.3. The Labute approximate surface area is 127 Å². The average molecular weight is 299 g/mol. The summed E-state index contributed by atoms with van der Waals surface area (Å²) >= 11 is 0. The number of carbonyl (C=O) groups excluding carboxylic acids is 2. The van der Waals surface area contributed by atoms with Crippen molar-refractivity contribution in [3.8, 4) is 0 Å². The van der Waals surface area contributed by atoms with Crippen molar-refractivity contribution in [1.29, 1.82) is 0 Å². The summed E-state index contributed by atoms with van der Waals surface area (Å²) in [6.45, 7) is 3.41. The first-order valence-corrected chi connectivity index (χ1v) is 7.20. The summed E-state index contributed by atoms with van der Waals surface area (Å²) in [5, 5.41) is 9.46. The highest BCUT2D eigenvalue weighted by Gasteiger charge is 2.23. The summed E-state index contributed by atoms with van der Waals surface area (Å²) in [6, 6.07) is 7.13. The van der Waals surface area contributed by atoms with Crippen LogP contribution in [0.3, 0.4) is 0 Å². The minimum absolute atomic E-state index is 0.0777. The molecule has 6 nitrogen and oxygen atoms in total. The molecular formula is C16H17N3O3. The van der Waals surface area contributed by atoms with Crippen LogP contribution < -0.4 is 10.6 Å². The lowest BCUT2D eigenvalue weighted by molar-refractivity contribution is 0.0950. The van der Waals surface area contributed by atoms with E-state index in [1.807, 2.05) is 0 Å². The van der Waals surface area contributed by atoms with Crippen LogP contribution in [-0.4, -0.2) is 23.0 Å². The number of benzene rings is 1. The van der Waals surface area contributed by atoms with Crippen LogP contribution in [-0.2, 0) is 0 Å². The first-order chi connectivity index (χ1) is 10.5. The Morgan fingerprint density at radius 2 is 1.82 bits per heavy atom. The molecule has 114 valence electrons. The Bertz CT molecular complexity index is 695. The molecule has 2 N–H and O–H groups in total. The molecule has 0 atom stereocenters. The lowest BCUT2D eigenvalue weighted by Crippen LogP contribution is -2.25. The number of anilines is 1. The van der Waals surface area contributed by atoms with Gasteiger partial charge in [0.25, 0.3) is 11.8 Å². The van der Waals surface area contributed by atoms with Crippen LogP contribution in [0.2, 0.25) is 0 Å². The third-order valence-electron chi connectivity index (χ3n) is 3.58. The maximum atomic E-state index is 12.2. The Morgan fingerprint density at radius 1 is 1.14 bits per heavy atom. The summed E-state index contributed by atoms with van der Waals surface area (Å²) in [5.41, 5.74) is 2.20. The number of hydrogen-bond acceptors (Lipinski definition) is 4. The number of carbonyl (C=O) groups is 2. The van der Waals surface area contributed by atoms with Gasteiger partial charge >= 0.3 is 0 Å². The first-order valence-electron chi connectivity index (χ1n) is 7.20. The van der Waals surface area contributed by atoms with Gasteiger partial charge in [-0.2, -0.15) is 0 Å². The van der Waals surface area contributed by atoms with Gasteiger partial charge in [0, 0.05) is 17.3 Å². The molecule has 2 aromatic rings. The molecule has 0 spiro atoms. The molecule has 1 aliphatic carbocycles. The number of hydrogen-bond donors (Lipinski definition) is 2. The van der Waals surface area contributed by atoms with Gasteiger partial charge in [-0.3, -0.25) is 9.59 Å². The molecule has 0 bridgehead atoms. The predicted octanol–water partition coefficient (Wildman–Crippen LogP) is 2.44. The van der Waals surface area contributed by atoms with E-state index in [4.69, 9.17) is 4.52 Å². The van der Waals surface area contributed by atoms with Crippen LogP contribution in [0.5, 0.6) is 0 Å². The third-order valence-corrected chi connectivity index (χ3v) is 3.58. The molecule has 1 aromatic carbocycles. The van der Waals surface area contributed by atoms with Gasteiger partial charge in [-0.1, -0.05) is 5.16 Å². The normalized spacial score (nSPS) is 13.7. The number of amides is 2. The molecule has 1 heterocycles. The van der Waals surface area contributed by atoms with Crippen molar-refractivity contribution in [3.63, 3.8) is 0 Å². The molecule has 6 heteroatoms. The Morgan fingerprint density at radius 3 is 2.36 bits per heavy atom. The van der Waals surface area contributed by atoms with E-state index in [1.54, 1.807) is 38.1 Å². The van der Waals surface area contributed by atoms with Gasteiger partial charge in [0.05, 0.1) is 5.69 Å². The van der Waals surface area contributed by atoms with E-state index in [2.05, 4.69) is 15.8 Å². The lowest BCUT2D eigenvalue weighted by atomic mass is 10.1. The van der Waals surface area contributed by atoms with Crippen molar-refractivity contribution in [1.82, 2.24) is 10.5 Å².